The first kappa shape index (κ1) is 11.3. The predicted molar refractivity (Wildman–Crippen MR) is 54.1 cm³/mol. The highest BCUT2D eigenvalue weighted by Crippen LogP contribution is 1.99. The van der Waals surface area contributed by atoms with E-state index in [9.17, 15) is 0 Å². The van der Waals surface area contributed by atoms with Crippen molar-refractivity contribution < 1.29 is 0 Å². The summed E-state index contributed by atoms with van der Waals surface area (Å²) in [5, 5.41) is 3.38. The summed E-state index contributed by atoms with van der Waals surface area (Å²) in [5.41, 5.74) is 5.36. The molecule has 0 amide bonds. The summed E-state index contributed by atoms with van der Waals surface area (Å²) in [6.45, 7) is 6.29. The molecule has 0 spiro atoms. The molecule has 0 saturated carbocycles. The SMILES string of the molecule is CC(C)NCCCSCCN. The van der Waals surface area contributed by atoms with Gasteiger partial charge in [-0.05, 0) is 18.7 Å². The topological polar surface area (TPSA) is 38.0 Å². The van der Waals surface area contributed by atoms with Crippen LogP contribution in [-0.4, -0.2) is 30.6 Å². The number of nitrogens with two attached hydrogens (primary N) is 1. The molecule has 68 valence electrons. The molecule has 0 aromatic rings. The van der Waals surface area contributed by atoms with Crippen LogP contribution in [0.1, 0.15) is 20.3 Å². The lowest BCUT2D eigenvalue weighted by atomic mass is 10.4. The van der Waals surface area contributed by atoms with Gasteiger partial charge in [0.2, 0.25) is 0 Å². The number of hydrogen-bond donors (Lipinski definition) is 2. The van der Waals surface area contributed by atoms with Gasteiger partial charge in [-0.3, -0.25) is 0 Å². The van der Waals surface area contributed by atoms with Crippen LogP contribution in [0.4, 0.5) is 0 Å². The van der Waals surface area contributed by atoms with Gasteiger partial charge in [-0.25, -0.2) is 0 Å². The lowest BCUT2D eigenvalue weighted by Crippen LogP contribution is -2.24. The summed E-state index contributed by atoms with van der Waals surface area (Å²) in [5.74, 6) is 2.33. The van der Waals surface area contributed by atoms with Gasteiger partial charge >= 0.3 is 0 Å². The van der Waals surface area contributed by atoms with Crippen LogP contribution in [0.3, 0.4) is 0 Å². The third kappa shape index (κ3) is 10.3. The van der Waals surface area contributed by atoms with E-state index >= 15 is 0 Å². The van der Waals surface area contributed by atoms with Gasteiger partial charge in [-0.2, -0.15) is 11.8 Å². The summed E-state index contributed by atoms with van der Waals surface area (Å²) in [6, 6.07) is 0.620. The van der Waals surface area contributed by atoms with Gasteiger partial charge in [0.1, 0.15) is 0 Å². The third-order valence-electron chi connectivity index (χ3n) is 1.28. The van der Waals surface area contributed by atoms with E-state index in [1.54, 1.807) is 0 Å². The van der Waals surface area contributed by atoms with Crippen molar-refractivity contribution in [2.24, 2.45) is 5.73 Å². The van der Waals surface area contributed by atoms with E-state index in [2.05, 4.69) is 19.2 Å². The molecule has 3 heteroatoms. The van der Waals surface area contributed by atoms with Crippen molar-refractivity contribution in [2.75, 3.05) is 24.6 Å². The summed E-state index contributed by atoms with van der Waals surface area (Å²) < 4.78 is 0. The molecule has 2 nitrogen and oxygen atoms in total. The summed E-state index contributed by atoms with van der Waals surface area (Å²) in [6.07, 6.45) is 1.25. The average Bonchev–Trinajstić information content (AvgIpc) is 1.96. The van der Waals surface area contributed by atoms with E-state index in [-0.39, 0.29) is 0 Å². The molecule has 3 N–H and O–H groups in total. The van der Waals surface area contributed by atoms with Gasteiger partial charge < -0.3 is 11.1 Å². The number of nitrogens with one attached hydrogen (secondary N) is 1. The van der Waals surface area contributed by atoms with Crippen LogP contribution in [0, 0.1) is 0 Å². The largest absolute Gasteiger partial charge is 0.330 e. The Morgan fingerprint density at radius 2 is 2.09 bits per heavy atom. The van der Waals surface area contributed by atoms with Crippen molar-refractivity contribution >= 4 is 11.8 Å². The zero-order valence-electron chi connectivity index (χ0n) is 7.60. The molecule has 0 atom stereocenters. The van der Waals surface area contributed by atoms with Crippen LogP contribution < -0.4 is 11.1 Å². The Kier molecular flexibility index (Phi) is 8.57. The Bertz CT molecular complexity index is 76.5. The average molecular weight is 176 g/mol. The molecule has 0 aliphatic rings. The molecule has 0 heterocycles. The molecule has 0 aliphatic heterocycles. The van der Waals surface area contributed by atoms with Crippen LogP contribution >= 0.6 is 11.8 Å². The maximum Gasteiger partial charge on any atom is 0.00558 e. The molecular formula is C8H20N2S. The Labute approximate surface area is 74.3 Å². The minimum absolute atomic E-state index is 0.620. The molecule has 0 aromatic carbocycles. The normalized spacial score (nSPS) is 10.9. The molecule has 0 bridgehead atoms. The minimum atomic E-state index is 0.620. The van der Waals surface area contributed by atoms with Crippen molar-refractivity contribution in [1.82, 2.24) is 5.32 Å². The predicted octanol–water partition coefficient (Wildman–Crippen LogP) is 1.07. The Balaban J connectivity index is 2.80. The first-order valence-electron chi connectivity index (χ1n) is 4.28. The van der Waals surface area contributed by atoms with Crippen molar-refractivity contribution in [2.45, 2.75) is 26.3 Å². The van der Waals surface area contributed by atoms with Gasteiger partial charge in [-0.1, -0.05) is 13.8 Å². The number of thioether (sulfide) groups is 1. The molecular weight excluding hydrogens is 156 g/mol. The van der Waals surface area contributed by atoms with Crippen LogP contribution in [0.25, 0.3) is 0 Å². The van der Waals surface area contributed by atoms with Crippen molar-refractivity contribution in [1.29, 1.82) is 0 Å². The lowest BCUT2D eigenvalue weighted by molar-refractivity contribution is 0.586. The fourth-order valence-electron chi connectivity index (χ4n) is 0.750. The summed E-state index contributed by atoms with van der Waals surface area (Å²) >= 11 is 1.94. The maximum atomic E-state index is 5.36. The van der Waals surface area contributed by atoms with Gasteiger partial charge in [0.25, 0.3) is 0 Å². The zero-order chi connectivity index (χ0) is 8.53. The standard InChI is InChI=1S/C8H20N2S/c1-8(2)10-5-3-6-11-7-4-9/h8,10H,3-7,9H2,1-2H3. The maximum absolute atomic E-state index is 5.36. The minimum Gasteiger partial charge on any atom is -0.330 e. The number of rotatable bonds is 7. The highest BCUT2D eigenvalue weighted by atomic mass is 32.2. The Hall–Kier alpha value is 0.270. The molecule has 0 unspecified atom stereocenters. The van der Waals surface area contributed by atoms with Crippen LogP contribution in [0.15, 0.2) is 0 Å². The highest BCUT2D eigenvalue weighted by molar-refractivity contribution is 7.99. The van der Waals surface area contributed by atoms with Crippen LogP contribution in [-0.2, 0) is 0 Å². The van der Waals surface area contributed by atoms with E-state index in [1.165, 1.54) is 12.2 Å². The fourth-order valence-corrected chi connectivity index (χ4v) is 1.47. The Morgan fingerprint density at radius 1 is 1.36 bits per heavy atom. The van der Waals surface area contributed by atoms with Gasteiger partial charge in [0.15, 0.2) is 0 Å². The van der Waals surface area contributed by atoms with Crippen molar-refractivity contribution in [3.05, 3.63) is 0 Å². The van der Waals surface area contributed by atoms with Crippen molar-refractivity contribution in [3.63, 3.8) is 0 Å². The zero-order valence-corrected chi connectivity index (χ0v) is 8.41. The second-order valence-corrected chi connectivity index (χ2v) is 4.09. The molecule has 0 aliphatic carbocycles. The van der Waals surface area contributed by atoms with E-state index in [0.29, 0.717) is 6.04 Å². The monoisotopic (exact) mass is 176 g/mol. The first-order valence-corrected chi connectivity index (χ1v) is 5.44. The van der Waals surface area contributed by atoms with Crippen molar-refractivity contribution in [3.8, 4) is 0 Å². The molecule has 0 aromatic heterocycles. The second-order valence-electron chi connectivity index (χ2n) is 2.86. The highest BCUT2D eigenvalue weighted by Gasteiger charge is 1.91. The fraction of sp³-hybridized carbons (Fsp3) is 1.00. The van der Waals surface area contributed by atoms with Crippen LogP contribution in [0.5, 0.6) is 0 Å². The quantitative estimate of drug-likeness (QED) is 0.570. The summed E-state index contributed by atoms with van der Waals surface area (Å²) in [7, 11) is 0. The lowest BCUT2D eigenvalue weighted by Gasteiger charge is -2.06. The van der Waals surface area contributed by atoms with Crippen LogP contribution in [0.2, 0.25) is 0 Å². The summed E-state index contributed by atoms with van der Waals surface area (Å²) in [4.78, 5) is 0. The van der Waals surface area contributed by atoms with E-state index in [4.69, 9.17) is 5.73 Å². The third-order valence-corrected chi connectivity index (χ3v) is 2.38. The van der Waals surface area contributed by atoms with Gasteiger partial charge in [0, 0.05) is 18.3 Å². The van der Waals surface area contributed by atoms with E-state index in [1.807, 2.05) is 11.8 Å². The molecule has 0 radical (unpaired) electrons. The first-order chi connectivity index (χ1) is 5.27. The van der Waals surface area contributed by atoms with E-state index in [0.717, 1.165) is 18.8 Å². The second kappa shape index (κ2) is 8.37. The van der Waals surface area contributed by atoms with E-state index < -0.39 is 0 Å². The molecule has 0 rings (SSSR count). The molecule has 0 fully saturated rings. The molecule has 0 saturated heterocycles. The molecule has 11 heavy (non-hydrogen) atoms. The smallest absolute Gasteiger partial charge is 0.00558 e. The van der Waals surface area contributed by atoms with Gasteiger partial charge in [-0.15, -0.1) is 0 Å². The number of hydrogen-bond acceptors (Lipinski definition) is 3. The van der Waals surface area contributed by atoms with Gasteiger partial charge in [0.05, 0.1) is 0 Å². The Morgan fingerprint density at radius 3 is 2.64 bits per heavy atom.